The van der Waals surface area contributed by atoms with Crippen molar-refractivity contribution in [3.63, 3.8) is 0 Å². The minimum atomic E-state index is -3.55. The zero-order chi connectivity index (χ0) is 20.3. The van der Waals surface area contributed by atoms with Gasteiger partial charge in [0.25, 0.3) is 0 Å². The SMILES string of the molecule is C[C@H](Sc1nnc2n1CCCCC2)C(=O)Nc1cccc(S(=O)(=O)N(C)C)c1. The Hall–Kier alpha value is -1.91. The Morgan fingerprint density at radius 1 is 1.25 bits per heavy atom. The number of aryl methyl sites for hydroxylation is 1. The summed E-state index contributed by atoms with van der Waals surface area (Å²) in [4.78, 5) is 12.8. The van der Waals surface area contributed by atoms with E-state index >= 15 is 0 Å². The maximum Gasteiger partial charge on any atom is 0.242 e. The molecule has 1 aromatic carbocycles. The normalized spacial score (nSPS) is 15.7. The fourth-order valence-electron chi connectivity index (χ4n) is 2.95. The molecule has 0 fully saturated rings. The number of sulfonamides is 1. The molecule has 1 amide bonds. The molecule has 1 aliphatic rings. The van der Waals surface area contributed by atoms with Crippen LogP contribution in [0.2, 0.25) is 0 Å². The zero-order valence-electron chi connectivity index (χ0n) is 16.3. The quantitative estimate of drug-likeness (QED) is 0.717. The van der Waals surface area contributed by atoms with Crippen molar-refractivity contribution in [3.8, 4) is 0 Å². The highest BCUT2D eigenvalue weighted by atomic mass is 32.2. The molecule has 10 heteroatoms. The number of carbonyl (C=O) groups is 1. The van der Waals surface area contributed by atoms with Crippen molar-refractivity contribution in [1.29, 1.82) is 0 Å². The number of benzene rings is 1. The van der Waals surface area contributed by atoms with Crippen LogP contribution in [0.5, 0.6) is 0 Å². The Balaban J connectivity index is 1.69. The largest absolute Gasteiger partial charge is 0.325 e. The van der Waals surface area contributed by atoms with Gasteiger partial charge >= 0.3 is 0 Å². The van der Waals surface area contributed by atoms with Gasteiger partial charge in [0.05, 0.1) is 10.1 Å². The Labute approximate surface area is 169 Å². The lowest BCUT2D eigenvalue weighted by molar-refractivity contribution is -0.115. The predicted octanol–water partition coefficient (Wildman–Crippen LogP) is 2.37. The second-order valence-corrected chi connectivity index (χ2v) is 10.4. The molecule has 3 rings (SSSR count). The van der Waals surface area contributed by atoms with Gasteiger partial charge in [0.2, 0.25) is 15.9 Å². The van der Waals surface area contributed by atoms with E-state index in [4.69, 9.17) is 0 Å². The summed E-state index contributed by atoms with van der Waals surface area (Å²) in [6.45, 7) is 2.68. The number of fused-ring (bicyclic) bond motifs is 1. The number of carbonyl (C=O) groups excluding carboxylic acids is 1. The molecule has 1 atom stereocenters. The minimum absolute atomic E-state index is 0.137. The van der Waals surface area contributed by atoms with Gasteiger partial charge in [0.15, 0.2) is 5.16 Å². The first-order valence-electron chi connectivity index (χ1n) is 9.21. The Morgan fingerprint density at radius 2 is 2.04 bits per heavy atom. The van der Waals surface area contributed by atoms with Crippen molar-refractivity contribution in [3.05, 3.63) is 30.1 Å². The van der Waals surface area contributed by atoms with Crippen LogP contribution in [0.25, 0.3) is 0 Å². The number of nitrogens with one attached hydrogen (secondary N) is 1. The molecule has 152 valence electrons. The van der Waals surface area contributed by atoms with E-state index < -0.39 is 15.3 Å². The summed E-state index contributed by atoms with van der Waals surface area (Å²) in [5, 5.41) is 11.7. The van der Waals surface area contributed by atoms with Crippen LogP contribution in [0.1, 0.15) is 32.0 Å². The number of rotatable bonds is 6. The summed E-state index contributed by atoms with van der Waals surface area (Å²) in [6.07, 6.45) is 4.30. The van der Waals surface area contributed by atoms with Gasteiger partial charge in [-0.2, -0.15) is 0 Å². The van der Waals surface area contributed by atoms with E-state index in [9.17, 15) is 13.2 Å². The Kier molecular flexibility index (Phi) is 6.41. The summed E-state index contributed by atoms with van der Waals surface area (Å²) in [5.74, 6) is 0.768. The molecule has 0 spiro atoms. The standard InChI is InChI=1S/C18H25N5O3S2/c1-13(27-18-21-20-16-10-5-4-6-11-23(16)18)17(24)19-14-8-7-9-15(12-14)28(25,26)22(2)3/h7-9,12-13H,4-6,10-11H2,1-3H3,(H,19,24)/t13-/m0/s1. The molecule has 0 aliphatic carbocycles. The smallest absolute Gasteiger partial charge is 0.242 e. The van der Waals surface area contributed by atoms with Gasteiger partial charge in [-0.1, -0.05) is 24.2 Å². The Morgan fingerprint density at radius 3 is 2.79 bits per heavy atom. The van der Waals surface area contributed by atoms with E-state index in [1.54, 1.807) is 19.1 Å². The van der Waals surface area contributed by atoms with Crippen molar-refractivity contribution in [1.82, 2.24) is 19.1 Å². The number of aromatic nitrogens is 3. The molecule has 0 radical (unpaired) electrons. The molecule has 1 aromatic heterocycles. The van der Waals surface area contributed by atoms with Crippen molar-refractivity contribution in [2.75, 3.05) is 19.4 Å². The average Bonchev–Trinajstić information content (AvgIpc) is 2.88. The fourth-order valence-corrected chi connectivity index (χ4v) is 4.79. The van der Waals surface area contributed by atoms with Crippen LogP contribution in [-0.4, -0.2) is 52.7 Å². The molecule has 2 aromatic rings. The maximum absolute atomic E-state index is 12.6. The van der Waals surface area contributed by atoms with Gasteiger partial charge in [0, 0.05) is 32.7 Å². The van der Waals surface area contributed by atoms with Gasteiger partial charge in [0.1, 0.15) is 5.82 Å². The number of hydrogen-bond acceptors (Lipinski definition) is 6. The number of thioether (sulfide) groups is 1. The fraction of sp³-hybridized carbons (Fsp3) is 0.500. The summed E-state index contributed by atoms with van der Waals surface area (Å²) >= 11 is 1.37. The van der Waals surface area contributed by atoms with Crippen LogP contribution in [0.3, 0.4) is 0 Å². The molecule has 2 heterocycles. The third-order valence-electron chi connectivity index (χ3n) is 4.61. The molecule has 0 saturated carbocycles. The van der Waals surface area contributed by atoms with Crippen LogP contribution >= 0.6 is 11.8 Å². The monoisotopic (exact) mass is 423 g/mol. The van der Waals surface area contributed by atoms with Crippen LogP contribution in [0.15, 0.2) is 34.3 Å². The third kappa shape index (κ3) is 4.56. The van der Waals surface area contributed by atoms with Crippen molar-refractivity contribution >= 4 is 33.4 Å². The topological polar surface area (TPSA) is 97.2 Å². The first-order chi connectivity index (χ1) is 13.3. The third-order valence-corrected chi connectivity index (χ3v) is 7.50. The highest BCUT2D eigenvalue weighted by Gasteiger charge is 2.22. The van der Waals surface area contributed by atoms with Gasteiger partial charge in [-0.05, 0) is 38.0 Å². The second kappa shape index (κ2) is 8.62. The molecule has 0 saturated heterocycles. The van der Waals surface area contributed by atoms with Gasteiger partial charge < -0.3 is 9.88 Å². The number of nitrogens with zero attached hydrogens (tertiary/aromatic N) is 4. The lowest BCUT2D eigenvalue weighted by Gasteiger charge is -2.15. The number of anilines is 1. The average molecular weight is 424 g/mol. The molecule has 1 N–H and O–H groups in total. The molecule has 1 aliphatic heterocycles. The van der Waals surface area contributed by atoms with Gasteiger partial charge in [-0.15, -0.1) is 10.2 Å². The highest BCUT2D eigenvalue weighted by Crippen LogP contribution is 2.26. The number of amides is 1. The zero-order valence-corrected chi connectivity index (χ0v) is 17.9. The summed E-state index contributed by atoms with van der Waals surface area (Å²) in [6, 6.07) is 6.26. The van der Waals surface area contributed by atoms with Crippen molar-refractivity contribution in [2.45, 2.75) is 54.5 Å². The van der Waals surface area contributed by atoms with E-state index in [1.165, 1.54) is 44.4 Å². The lowest BCUT2D eigenvalue weighted by Crippen LogP contribution is -2.24. The minimum Gasteiger partial charge on any atom is -0.325 e. The predicted molar refractivity (Wildman–Crippen MR) is 109 cm³/mol. The summed E-state index contributed by atoms with van der Waals surface area (Å²) in [5.41, 5.74) is 0.445. The molecule has 28 heavy (non-hydrogen) atoms. The van der Waals surface area contributed by atoms with Gasteiger partial charge in [-0.3, -0.25) is 4.79 Å². The summed E-state index contributed by atoms with van der Waals surface area (Å²) in [7, 11) is -0.609. The maximum atomic E-state index is 12.6. The van der Waals surface area contributed by atoms with Crippen LogP contribution in [-0.2, 0) is 27.8 Å². The van der Waals surface area contributed by atoms with Crippen molar-refractivity contribution in [2.24, 2.45) is 0 Å². The van der Waals surface area contributed by atoms with E-state index in [0.29, 0.717) is 5.69 Å². The summed E-state index contributed by atoms with van der Waals surface area (Å²) < 4.78 is 27.8. The van der Waals surface area contributed by atoms with E-state index in [2.05, 4.69) is 20.1 Å². The van der Waals surface area contributed by atoms with E-state index in [0.717, 1.165) is 41.1 Å². The first kappa shape index (κ1) is 20.8. The lowest BCUT2D eigenvalue weighted by atomic mass is 10.2. The first-order valence-corrected chi connectivity index (χ1v) is 11.5. The van der Waals surface area contributed by atoms with Gasteiger partial charge in [-0.25, -0.2) is 12.7 Å². The van der Waals surface area contributed by atoms with Crippen LogP contribution in [0.4, 0.5) is 5.69 Å². The molecule has 0 bridgehead atoms. The molecular weight excluding hydrogens is 398 g/mol. The van der Waals surface area contributed by atoms with Crippen LogP contribution < -0.4 is 5.32 Å². The van der Waals surface area contributed by atoms with Crippen LogP contribution in [0, 0.1) is 0 Å². The second-order valence-electron chi connectivity index (χ2n) is 6.93. The molecule has 0 unspecified atom stereocenters. The Bertz CT molecular complexity index is 956. The van der Waals surface area contributed by atoms with E-state index in [-0.39, 0.29) is 10.8 Å². The van der Waals surface area contributed by atoms with E-state index in [1.807, 2.05) is 0 Å². The number of hydrogen-bond donors (Lipinski definition) is 1. The molecular formula is C18H25N5O3S2. The van der Waals surface area contributed by atoms with Crippen molar-refractivity contribution < 1.29 is 13.2 Å². The molecule has 8 nitrogen and oxygen atoms in total. The highest BCUT2D eigenvalue weighted by molar-refractivity contribution is 8.00.